The Kier molecular flexibility index (Phi) is 7.43. The second kappa shape index (κ2) is 10.0. The number of nitrogens with one attached hydrogen (secondary N) is 1. The van der Waals surface area contributed by atoms with Gasteiger partial charge in [-0.05, 0) is 68.0 Å². The van der Waals surface area contributed by atoms with Gasteiger partial charge < -0.3 is 15.0 Å². The lowest BCUT2D eigenvalue weighted by molar-refractivity contribution is -0.128. The molecule has 2 atom stereocenters. The SMILES string of the molecule is CC[C@@H](Oc1cccc(Cl)c1)C(=O)N[C@@H](C)c1ccc(N2CCC(C)CC2)cc1. The number of hydrogen-bond acceptors (Lipinski definition) is 3. The van der Waals surface area contributed by atoms with Crippen LogP contribution in [0.25, 0.3) is 0 Å². The standard InChI is InChI=1S/C24H31ClN2O2/c1-4-23(29-22-7-5-6-20(25)16-22)24(28)26-18(3)19-8-10-21(11-9-19)27-14-12-17(2)13-15-27/h5-11,16-18,23H,4,12-15H2,1-3H3,(H,26,28)/t18-,23+/m0/s1. The van der Waals surface area contributed by atoms with Crippen LogP contribution in [0.2, 0.25) is 5.02 Å². The van der Waals surface area contributed by atoms with Gasteiger partial charge in [-0.3, -0.25) is 4.79 Å². The molecule has 29 heavy (non-hydrogen) atoms. The quantitative estimate of drug-likeness (QED) is 0.640. The van der Waals surface area contributed by atoms with Crippen molar-refractivity contribution in [2.75, 3.05) is 18.0 Å². The molecule has 1 saturated heterocycles. The third-order valence-electron chi connectivity index (χ3n) is 5.64. The highest BCUT2D eigenvalue weighted by Crippen LogP contribution is 2.25. The van der Waals surface area contributed by atoms with E-state index in [0.29, 0.717) is 17.2 Å². The number of nitrogens with zero attached hydrogens (tertiary/aromatic N) is 1. The lowest BCUT2D eigenvalue weighted by atomic mass is 9.98. The molecular weight excluding hydrogens is 384 g/mol. The summed E-state index contributed by atoms with van der Waals surface area (Å²) in [5, 5.41) is 3.67. The van der Waals surface area contributed by atoms with Crippen LogP contribution in [0, 0.1) is 5.92 Å². The van der Waals surface area contributed by atoms with Gasteiger partial charge in [-0.15, -0.1) is 0 Å². The number of piperidine rings is 1. The fourth-order valence-electron chi connectivity index (χ4n) is 3.66. The summed E-state index contributed by atoms with van der Waals surface area (Å²) in [7, 11) is 0. The number of amides is 1. The highest BCUT2D eigenvalue weighted by molar-refractivity contribution is 6.30. The Hall–Kier alpha value is -2.20. The maximum Gasteiger partial charge on any atom is 0.261 e. The van der Waals surface area contributed by atoms with Crippen molar-refractivity contribution < 1.29 is 9.53 Å². The molecule has 1 aliphatic rings. The molecule has 0 spiro atoms. The minimum absolute atomic E-state index is 0.0880. The minimum atomic E-state index is -0.550. The van der Waals surface area contributed by atoms with Gasteiger partial charge in [-0.2, -0.15) is 0 Å². The van der Waals surface area contributed by atoms with Crippen molar-refractivity contribution in [1.82, 2.24) is 5.32 Å². The minimum Gasteiger partial charge on any atom is -0.481 e. The number of halogens is 1. The van der Waals surface area contributed by atoms with Crippen molar-refractivity contribution in [1.29, 1.82) is 0 Å². The second-order valence-corrected chi connectivity index (χ2v) is 8.40. The van der Waals surface area contributed by atoms with Gasteiger partial charge in [0.1, 0.15) is 5.75 Å². The molecule has 0 saturated carbocycles. The van der Waals surface area contributed by atoms with E-state index in [-0.39, 0.29) is 11.9 Å². The van der Waals surface area contributed by atoms with E-state index in [0.717, 1.165) is 24.6 Å². The highest BCUT2D eigenvalue weighted by Gasteiger charge is 2.21. The summed E-state index contributed by atoms with van der Waals surface area (Å²) < 4.78 is 5.85. The van der Waals surface area contributed by atoms with Gasteiger partial charge in [-0.25, -0.2) is 0 Å². The summed E-state index contributed by atoms with van der Waals surface area (Å²) in [5.41, 5.74) is 2.35. The molecule has 1 heterocycles. The summed E-state index contributed by atoms with van der Waals surface area (Å²) in [6, 6.07) is 15.6. The van der Waals surface area contributed by atoms with Crippen LogP contribution in [0.1, 0.15) is 51.6 Å². The predicted molar refractivity (Wildman–Crippen MR) is 120 cm³/mol. The number of benzene rings is 2. The average Bonchev–Trinajstić information content (AvgIpc) is 2.72. The molecule has 0 bridgehead atoms. The maximum atomic E-state index is 12.7. The first-order valence-corrected chi connectivity index (χ1v) is 10.9. The molecule has 1 aliphatic heterocycles. The summed E-state index contributed by atoms with van der Waals surface area (Å²) in [5.74, 6) is 1.31. The van der Waals surface area contributed by atoms with E-state index in [1.807, 2.05) is 26.0 Å². The molecule has 2 aromatic rings. The van der Waals surface area contributed by atoms with Crippen molar-refractivity contribution in [2.45, 2.75) is 52.2 Å². The maximum absolute atomic E-state index is 12.7. The Balaban J connectivity index is 1.58. The number of rotatable bonds is 7. The molecule has 3 rings (SSSR count). The fraction of sp³-hybridized carbons (Fsp3) is 0.458. The van der Waals surface area contributed by atoms with E-state index in [2.05, 4.69) is 41.4 Å². The van der Waals surface area contributed by atoms with Crippen LogP contribution in [0.3, 0.4) is 0 Å². The number of carbonyl (C=O) groups is 1. The van der Waals surface area contributed by atoms with Crippen molar-refractivity contribution in [3.63, 3.8) is 0 Å². The number of ether oxygens (including phenoxy) is 1. The summed E-state index contributed by atoms with van der Waals surface area (Å²) in [6.45, 7) is 8.50. The topological polar surface area (TPSA) is 41.6 Å². The van der Waals surface area contributed by atoms with E-state index in [9.17, 15) is 4.79 Å². The molecule has 0 radical (unpaired) electrons. The predicted octanol–water partition coefficient (Wildman–Crippen LogP) is 5.61. The van der Waals surface area contributed by atoms with Crippen LogP contribution >= 0.6 is 11.6 Å². The lowest BCUT2D eigenvalue weighted by Gasteiger charge is -2.32. The van der Waals surface area contributed by atoms with Crippen molar-refractivity contribution >= 4 is 23.2 Å². The third kappa shape index (κ3) is 5.89. The molecule has 156 valence electrons. The van der Waals surface area contributed by atoms with E-state index in [1.165, 1.54) is 18.5 Å². The zero-order chi connectivity index (χ0) is 20.8. The van der Waals surface area contributed by atoms with Gasteiger partial charge in [-0.1, -0.05) is 43.6 Å². The molecular formula is C24H31ClN2O2. The molecule has 1 fully saturated rings. The zero-order valence-electron chi connectivity index (χ0n) is 17.5. The van der Waals surface area contributed by atoms with Gasteiger partial charge in [0, 0.05) is 23.8 Å². The molecule has 0 aromatic heterocycles. The Morgan fingerprint density at radius 2 is 1.90 bits per heavy atom. The van der Waals surface area contributed by atoms with Gasteiger partial charge in [0.05, 0.1) is 6.04 Å². The van der Waals surface area contributed by atoms with Crippen LogP contribution in [0.5, 0.6) is 5.75 Å². The molecule has 1 N–H and O–H groups in total. The van der Waals surface area contributed by atoms with Gasteiger partial charge in [0.2, 0.25) is 0 Å². The van der Waals surface area contributed by atoms with Crippen LogP contribution in [0.4, 0.5) is 5.69 Å². The summed E-state index contributed by atoms with van der Waals surface area (Å²) in [6.07, 6.45) is 2.53. The normalized spacial score (nSPS) is 16.9. The number of anilines is 1. The van der Waals surface area contributed by atoms with Gasteiger partial charge >= 0.3 is 0 Å². The van der Waals surface area contributed by atoms with Crippen LogP contribution < -0.4 is 15.0 Å². The Morgan fingerprint density at radius 3 is 2.52 bits per heavy atom. The fourth-order valence-corrected chi connectivity index (χ4v) is 3.84. The zero-order valence-corrected chi connectivity index (χ0v) is 18.3. The molecule has 0 aliphatic carbocycles. The van der Waals surface area contributed by atoms with Crippen LogP contribution in [0.15, 0.2) is 48.5 Å². The molecule has 0 unspecified atom stereocenters. The third-order valence-corrected chi connectivity index (χ3v) is 5.87. The van der Waals surface area contributed by atoms with Gasteiger partial charge in [0.15, 0.2) is 6.10 Å². The highest BCUT2D eigenvalue weighted by atomic mass is 35.5. The molecule has 2 aromatic carbocycles. The first-order valence-electron chi connectivity index (χ1n) is 10.5. The molecule has 1 amide bonds. The van der Waals surface area contributed by atoms with E-state index >= 15 is 0 Å². The van der Waals surface area contributed by atoms with E-state index < -0.39 is 6.10 Å². The van der Waals surface area contributed by atoms with Crippen molar-refractivity contribution in [3.8, 4) is 5.75 Å². The first-order chi connectivity index (χ1) is 14.0. The average molecular weight is 415 g/mol. The number of carbonyl (C=O) groups excluding carboxylic acids is 1. The number of hydrogen-bond donors (Lipinski definition) is 1. The lowest BCUT2D eigenvalue weighted by Crippen LogP contribution is -2.39. The van der Waals surface area contributed by atoms with Crippen LogP contribution in [-0.2, 0) is 4.79 Å². The molecule has 4 nitrogen and oxygen atoms in total. The van der Waals surface area contributed by atoms with Crippen LogP contribution in [-0.4, -0.2) is 25.1 Å². The largest absolute Gasteiger partial charge is 0.481 e. The Morgan fingerprint density at radius 1 is 1.21 bits per heavy atom. The monoisotopic (exact) mass is 414 g/mol. The smallest absolute Gasteiger partial charge is 0.261 e. The second-order valence-electron chi connectivity index (χ2n) is 7.96. The van der Waals surface area contributed by atoms with Crippen molar-refractivity contribution in [3.05, 3.63) is 59.1 Å². The van der Waals surface area contributed by atoms with Gasteiger partial charge in [0.25, 0.3) is 5.91 Å². The Labute approximate surface area is 179 Å². The summed E-state index contributed by atoms with van der Waals surface area (Å²) >= 11 is 6.01. The van der Waals surface area contributed by atoms with E-state index in [4.69, 9.17) is 16.3 Å². The van der Waals surface area contributed by atoms with Crippen molar-refractivity contribution in [2.24, 2.45) is 5.92 Å². The van der Waals surface area contributed by atoms with E-state index in [1.54, 1.807) is 12.1 Å². The first kappa shape index (κ1) is 21.5. The summed E-state index contributed by atoms with van der Waals surface area (Å²) in [4.78, 5) is 15.2. The molecule has 5 heteroatoms. The Bertz CT molecular complexity index is 801.